The summed E-state index contributed by atoms with van der Waals surface area (Å²) in [6.45, 7) is 5.00. The second kappa shape index (κ2) is 15.0. The van der Waals surface area contributed by atoms with Crippen LogP contribution >= 0.6 is 0 Å². The number of urea groups is 1. The second-order valence-corrected chi connectivity index (χ2v) is 14.6. The highest BCUT2D eigenvalue weighted by Crippen LogP contribution is 2.31. The van der Waals surface area contributed by atoms with E-state index in [2.05, 4.69) is 30.9 Å². The first-order valence-corrected chi connectivity index (χ1v) is 17.6. The fourth-order valence-electron chi connectivity index (χ4n) is 5.97. The fourth-order valence-corrected chi connectivity index (χ4v) is 8.29. The van der Waals surface area contributed by atoms with Gasteiger partial charge in [0.2, 0.25) is 11.4 Å². The summed E-state index contributed by atoms with van der Waals surface area (Å²) in [5.41, 5.74) is 0.567. The summed E-state index contributed by atoms with van der Waals surface area (Å²) in [7, 11) is -0.126. The van der Waals surface area contributed by atoms with Crippen molar-refractivity contribution in [3.63, 3.8) is 0 Å². The maximum atomic E-state index is 15.5. The van der Waals surface area contributed by atoms with E-state index in [0.29, 0.717) is 30.9 Å². The van der Waals surface area contributed by atoms with Crippen molar-refractivity contribution < 1.29 is 23.6 Å². The lowest BCUT2D eigenvalue weighted by atomic mass is 10.0. The third-order valence-corrected chi connectivity index (χ3v) is 11.3. The zero-order valence-corrected chi connectivity index (χ0v) is 27.1. The topological polar surface area (TPSA) is 141 Å². The number of amides is 5. The van der Waals surface area contributed by atoms with Crippen LogP contribution in [0.1, 0.15) is 67.9 Å². The number of anilines is 1. The maximum absolute atomic E-state index is 15.5. The zero-order valence-electron chi connectivity index (χ0n) is 26.1. The molecule has 5 rings (SSSR count). The smallest absolute Gasteiger partial charge is 0.315 e. The normalized spacial score (nSPS) is 18.4. The van der Waals surface area contributed by atoms with Gasteiger partial charge in [-0.1, -0.05) is 38.2 Å². The predicted octanol–water partition coefficient (Wildman–Crippen LogP) is 3.06. The number of nitrogens with zero attached hydrogens (tertiary/aromatic N) is 4. The van der Waals surface area contributed by atoms with Crippen LogP contribution in [0.4, 0.5) is 19.7 Å². The highest BCUT2D eigenvalue weighted by Gasteiger charge is 2.36. The van der Waals surface area contributed by atoms with Gasteiger partial charge in [-0.25, -0.2) is 9.18 Å². The van der Waals surface area contributed by atoms with Gasteiger partial charge in [0, 0.05) is 51.4 Å². The Kier molecular flexibility index (Phi) is 10.9. The molecule has 3 aliphatic rings. The highest BCUT2D eigenvalue weighted by atomic mass is 28.3. The van der Waals surface area contributed by atoms with Crippen LogP contribution in [0, 0.1) is 5.82 Å². The molecule has 5 amide bonds. The molecule has 1 aliphatic heterocycles. The second-order valence-electron chi connectivity index (χ2n) is 12.3. The Morgan fingerprint density at radius 2 is 1.76 bits per heavy atom. The Balaban J connectivity index is 1.28. The van der Waals surface area contributed by atoms with Gasteiger partial charge in [-0.15, -0.1) is 0 Å². The van der Waals surface area contributed by atoms with Crippen molar-refractivity contribution in [3.05, 3.63) is 47.5 Å². The van der Waals surface area contributed by atoms with E-state index < -0.39 is 26.8 Å². The van der Waals surface area contributed by atoms with Gasteiger partial charge in [-0.05, 0) is 56.1 Å². The largest absolute Gasteiger partial charge is 0.368 e. The number of carbonyl (C=O) groups is 4. The first-order valence-electron chi connectivity index (χ1n) is 16.1. The lowest BCUT2D eigenvalue weighted by molar-refractivity contribution is -0.134. The van der Waals surface area contributed by atoms with Crippen LogP contribution in [-0.4, -0.2) is 97.2 Å². The number of halogens is 1. The molecule has 2 aromatic rings. The summed E-state index contributed by atoms with van der Waals surface area (Å²) < 4.78 is 17.1. The number of aryl methyl sites for hydroxylation is 1. The van der Waals surface area contributed by atoms with Gasteiger partial charge in [-0.2, -0.15) is 5.10 Å². The van der Waals surface area contributed by atoms with Crippen molar-refractivity contribution in [3.8, 4) is 0 Å². The van der Waals surface area contributed by atoms with E-state index in [1.165, 1.54) is 12.1 Å². The molecule has 1 aromatic heterocycles. The highest BCUT2D eigenvalue weighted by molar-refractivity contribution is 6.92. The number of rotatable bonds is 11. The Morgan fingerprint density at radius 3 is 2.42 bits per heavy atom. The molecule has 1 radical (unpaired) electrons. The third kappa shape index (κ3) is 8.69. The number of aromatic nitrogens is 2. The molecule has 243 valence electrons. The molecule has 2 aliphatic carbocycles. The van der Waals surface area contributed by atoms with Crippen molar-refractivity contribution >= 4 is 38.0 Å². The van der Waals surface area contributed by atoms with Gasteiger partial charge < -0.3 is 30.7 Å². The molecule has 0 spiro atoms. The monoisotopic (exact) mass is 639 g/mol. The summed E-state index contributed by atoms with van der Waals surface area (Å²) in [6.07, 6.45) is 8.22. The van der Waals surface area contributed by atoms with Crippen LogP contribution in [0.25, 0.3) is 0 Å². The van der Waals surface area contributed by atoms with Crippen molar-refractivity contribution in [1.82, 2.24) is 35.2 Å². The Hall–Kier alpha value is -3.78. The van der Waals surface area contributed by atoms with Gasteiger partial charge in [0.15, 0.2) is 0 Å². The molecular formula is C31H44FN8O4Si. The molecule has 12 nitrogen and oxygen atoms in total. The summed E-state index contributed by atoms with van der Waals surface area (Å²) in [6, 6.07) is 4.93. The molecule has 4 N–H and O–H groups in total. The van der Waals surface area contributed by atoms with Gasteiger partial charge in [-0.3, -0.25) is 19.1 Å². The number of hydrogen-bond acceptors (Lipinski definition) is 6. The first kappa shape index (κ1) is 32.6. The molecule has 1 atom stereocenters. The van der Waals surface area contributed by atoms with Crippen LogP contribution < -0.4 is 20.9 Å². The molecule has 2 saturated carbocycles. The molecule has 45 heavy (non-hydrogen) atoms. The minimum Gasteiger partial charge on any atom is -0.368 e. The Labute approximate surface area is 265 Å². The molecule has 14 heteroatoms. The van der Waals surface area contributed by atoms with Crippen molar-refractivity contribution in [2.24, 2.45) is 0 Å². The maximum Gasteiger partial charge on any atom is 0.315 e. The zero-order chi connectivity index (χ0) is 31.9. The van der Waals surface area contributed by atoms with Crippen LogP contribution in [0.2, 0.25) is 5.54 Å². The first-order chi connectivity index (χ1) is 21.7. The van der Waals surface area contributed by atoms with Crippen molar-refractivity contribution in [2.75, 3.05) is 38.5 Å². The third-order valence-electron chi connectivity index (χ3n) is 8.81. The standard InChI is InChI=1S/C31H44FN8O4Si/c1-3-40-27(13-14-33-40)28(41)37-45(23-7-5-4-6-8-23)31(44)36-25-12-9-21(19-24(25)32)20-26(35-30(43)34-22-10-11-22)29(42)39-17-15-38(2)16-18-39/h9,12-14,19,22-23,26H,3-8,10-11,15-18,20H2,1-2H3,(H,36,44)(H,37,41)(H2,34,35,43)/t26-/m1/s1. The summed E-state index contributed by atoms with van der Waals surface area (Å²) in [4.78, 5) is 59.7. The minimum absolute atomic E-state index is 0.0105. The van der Waals surface area contributed by atoms with E-state index in [0.717, 1.165) is 58.0 Å². The predicted molar refractivity (Wildman–Crippen MR) is 170 cm³/mol. The van der Waals surface area contributed by atoms with E-state index >= 15 is 4.39 Å². The van der Waals surface area contributed by atoms with Gasteiger partial charge in [0.25, 0.3) is 14.9 Å². The average molecular weight is 640 g/mol. The van der Waals surface area contributed by atoms with E-state index in [-0.39, 0.29) is 41.0 Å². The average Bonchev–Trinajstić information content (AvgIpc) is 3.71. The number of carbonyl (C=O) groups excluding carboxylic acids is 4. The molecule has 2 heterocycles. The quantitative estimate of drug-likeness (QED) is 0.279. The van der Waals surface area contributed by atoms with E-state index in [9.17, 15) is 19.2 Å². The summed E-state index contributed by atoms with van der Waals surface area (Å²) >= 11 is 0. The lowest BCUT2D eigenvalue weighted by Crippen LogP contribution is -2.56. The lowest BCUT2D eigenvalue weighted by Gasteiger charge is -2.34. The Morgan fingerprint density at radius 1 is 1.02 bits per heavy atom. The molecule has 3 fully saturated rings. The van der Waals surface area contributed by atoms with Gasteiger partial charge >= 0.3 is 6.03 Å². The number of piperazine rings is 1. The van der Waals surface area contributed by atoms with Crippen LogP contribution in [0.15, 0.2) is 30.5 Å². The van der Waals surface area contributed by atoms with Crippen LogP contribution in [0.3, 0.4) is 0 Å². The molecule has 1 saturated heterocycles. The summed E-state index contributed by atoms with van der Waals surface area (Å²) in [5, 5.41) is 12.6. The van der Waals surface area contributed by atoms with E-state index in [1.807, 2.05) is 14.0 Å². The fraction of sp³-hybridized carbons (Fsp3) is 0.581. The number of likely N-dealkylation sites (N-methyl/N-ethyl adjacent to an activating group) is 1. The van der Waals surface area contributed by atoms with Gasteiger partial charge in [0.1, 0.15) is 17.6 Å². The van der Waals surface area contributed by atoms with Crippen molar-refractivity contribution in [1.29, 1.82) is 0 Å². The number of nitrogens with one attached hydrogen (secondary N) is 4. The van der Waals surface area contributed by atoms with Crippen LogP contribution in [-0.2, 0) is 17.8 Å². The Bertz CT molecular complexity index is 1370. The van der Waals surface area contributed by atoms with Crippen molar-refractivity contribution in [2.45, 2.75) is 82.5 Å². The van der Waals surface area contributed by atoms with E-state index in [1.54, 1.807) is 27.9 Å². The minimum atomic E-state index is -2.13. The summed E-state index contributed by atoms with van der Waals surface area (Å²) in [5.74, 6) is -1.20. The molecule has 1 aromatic carbocycles. The van der Waals surface area contributed by atoms with Crippen LogP contribution in [0.5, 0.6) is 0 Å². The molecule has 0 unspecified atom stereocenters. The molecular weight excluding hydrogens is 595 g/mol. The number of hydrogen-bond donors (Lipinski definition) is 4. The van der Waals surface area contributed by atoms with Gasteiger partial charge in [0.05, 0.1) is 5.69 Å². The SMILES string of the molecule is CCn1nccc1C(=O)N[Si](C(=O)Nc1ccc(C[C@@H](NC(=O)NC2CC2)C(=O)N2CCN(C)CC2)cc1F)C1CCCCC1. The number of benzene rings is 1. The van der Waals surface area contributed by atoms with E-state index in [4.69, 9.17) is 0 Å². The molecule has 0 bridgehead atoms.